The van der Waals surface area contributed by atoms with Crippen molar-refractivity contribution in [3.8, 4) is 5.75 Å². The molecule has 1 heterocycles. The molecule has 3 nitrogen and oxygen atoms in total. The number of rotatable bonds is 2. The van der Waals surface area contributed by atoms with Crippen LogP contribution >= 0.6 is 0 Å². The van der Waals surface area contributed by atoms with E-state index in [1.165, 1.54) is 12.1 Å². The summed E-state index contributed by atoms with van der Waals surface area (Å²) in [6, 6.07) is 12.0. The summed E-state index contributed by atoms with van der Waals surface area (Å²) in [7, 11) is 0. The number of carbonyl (C=O) groups excluding carboxylic acids is 1. The summed E-state index contributed by atoms with van der Waals surface area (Å²) < 4.78 is 43.6. The molecule has 1 aliphatic heterocycles. The first-order valence-corrected chi connectivity index (χ1v) is 7.12. The molecule has 0 aromatic heterocycles. The highest BCUT2D eigenvalue weighted by atomic mass is 19.4. The molecular weight excluding hydrogens is 307 g/mol. The lowest BCUT2D eigenvalue weighted by molar-refractivity contribution is -0.137. The Bertz CT molecular complexity index is 728. The Morgan fingerprint density at radius 1 is 1.13 bits per heavy atom. The van der Waals surface area contributed by atoms with Gasteiger partial charge in [-0.15, -0.1) is 0 Å². The second kappa shape index (κ2) is 5.95. The third-order valence-electron chi connectivity index (χ3n) is 3.71. The van der Waals surface area contributed by atoms with Gasteiger partial charge in [0.1, 0.15) is 12.4 Å². The lowest BCUT2D eigenvalue weighted by Gasteiger charge is -2.24. The molecule has 120 valence electrons. The first kappa shape index (κ1) is 15.4. The van der Waals surface area contributed by atoms with Crippen LogP contribution in [-0.4, -0.2) is 12.5 Å². The van der Waals surface area contributed by atoms with Crippen LogP contribution in [-0.2, 0) is 17.4 Å². The number of nitrogens with one attached hydrogen (secondary N) is 1. The number of fused-ring (bicyclic) bond motifs is 1. The van der Waals surface area contributed by atoms with E-state index in [4.69, 9.17) is 4.74 Å². The van der Waals surface area contributed by atoms with Crippen LogP contribution in [0.2, 0.25) is 0 Å². The fourth-order valence-corrected chi connectivity index (χ4v) is 2.51. The zero-order valence-corrected chi connectivity index (χ0v) is 12.1. The maximum atomic E-state index is 12.7. The molecular formula is C17H14F3NO2. The number of benzene rings is 2. The lowest BCUT2D eigenvalue weighted by atomic mass is 9.96. The van der Waals surface area contributed by atoms with E-state index < -0.39 is 17.7 Å². The summed E-state index contributed by atoms with van der Waals surface area (Å²) >= 11 is 0. The molecule has 0 bridgehead atoms. The summed E-state index contributed by atoms with van der Waals surface area (Å²) in [5.74, 6) is -0.0334. The molecule has 0 aliphatic carbocycles. The van der Waals surface area contributed by atoms with Crippen LogP contribution in [0, 0.1) is 5.92 Å². The minimum atomic E-state index is -4.44. The van der Waals surface area contributed by atoms with Crippen molar-refractivity contribution < 1.29 is 22.7 Å². The molecule has 0 spiro atoms. The summed E-state index contributed by atoms with van der Waals surface area (Å²) in [5.41, 5.74) is 0.257. The van der Waals surface area contributed by atoms with Crippen molar-refractivity contribution in [1.29, 1.82) is 0 Å². The summed E-state index contributed by atoms with van der Waals surface area (Å²) in [6.45, 7) is 0.210. The van der Waals surface area contributed by atoms with Gasteiger partial charge in [0, 0.05) is 5.69 Å². The number of ether oxygens (including phenoxy) is 1. The molecule has 1 atom stereocenters. The number of halogens is 3. The highest BCUT2D eigenvalue weighted by Gasteiger charge is 2.31. The molecule has 2 aromatic rings. The van der Waals surface area contributed by atoms with E-state index in [1.807, 2.05) is 24.3 Å². The van der Waals surface area contributed by atoms with Gasteiger partial charge in [-0.05, 0) is 36.2 Å². The van der Waals surface area contributed by atoms with E-state index in [1.54, 1.807) is 0 Å². The molecule has 6 heteroatoms. The van der Waals surface area contributed by atoms with Gasteiger partial charge < -0.3 is 10.1 Å². The fourth-order valence-electron chi connectivity index (χ4n) is 2.51. The smallest absolute Gasteiger partial charge is 0.416 e. The van der Waals surface area contributed by atoms with Crippen molar-refractivity contribution in [2.24, 2.45) is 5.92 Å². The Labute approximate surface area is 131 Å². The molecule has 23 heavy (non-hydrogen) atoms. The Morgan fingerprint density at radius 3 is 2.70 bits per heavy atom. The average molecular weight is 321 g/mol. The van der Waals surface area contributed by atoms with Crippen LogP contribution in [0.4, 0.5) is 18.9 Å². The molecule has 0 fully saturated rings. The first-order chi connectivity index (χ1) is 10.9. The highest BCUT2D eigenvalue weighted by Crippen LogP contribution is 2.31. The van der Waals surface area contributed by atoms with E-state index in [-0.39, 0.29) is 18.2 Å². The zero-order valence-electron chi connectivity index (χ0n) is 12.1. The Hall–Kier alpha value is -2.50. The third kappa shape index (κ3) is 3.47. The van der Waals surface area contributed by atoms with Crippen LogP contribution < -0.4 is 10.1 Å². The van der Waals surface area contributed by atoms with Crippen LogP contribution in [0.1, 0.15) is 11.1 Å². The molecule has 1 amide bonds. The van der Waals surface area contributed by atoms with Crippen molar-refractivity contribution in [3.05, 3.63) is 59.7 Å². The average Bonchev–Trinajstić information content (AvgIpc) is 2.54. The zero-order chi connectivity index (χ0) is 16.4. The van der Waals surface area contributed by atoms with E-state index in [0.29, 0.717) is 6.42 Å². The predicted molar refractivity (Wildman–Crippen MR) is 79.2 cm³/mol. The summed E-state index contributed by atoms with van der Waals surface area (Å²) in [5, 5.41) is 2.54. The van der Waals surface area contributed by atoms with Crippen LogP contribution in [0.15, 0.2) is 48.5 Å². The van der Waals surface area contributed by atoms with Gasteiger partial charge in [-0.25, -0.2) is 0 Å². The number of hydrogen-bond acceptors (Lipinski definition) is 2. The van der Waals surface area contributed by atoms with Gasteiger partial charge in [0.25, 0.3) is 0 Å². The number of hydrogen-bond donors (Lipinski definition) is 1. The molecule has 0 radical (unpaired) electrons. The van der Waals surface area contributed by atoms with Crippen molar-refractivity contribution in [1.82, 2.24) is 0 Å². The fraction of sp³-hybridized carbons (Fsp3) is 0.235. The highest BCUT2D eigenvalue weighted by molar-refractivity contribution is 5.93. The molecule has 2 aromatic carbocycles. The number of alkyl halides is 3. The third-order valence-corrected chi connectivity index (χ3v) is 3.71. The second-order valence-corrected chi connectivity index (χ2v) is 5.39. The predicted octanol–water partition coefficient (Wildman–Crippen LogP) is 3.90. The van der Waals surface area contributed by atoms with Crippen molar-refractivity contribution >= 4 is 11.6 Å². The Morgan fingerprint density at radius 2 is 1.91 bits per heavy atom. The lowest BCUT2D eigenvalue weighted by Crippen LogP contribution is -2.32. The van der Waals surface area contributed by atoms with Crippen molar-refractivity contribution in [2.75, 3.05) is 11.9 Å². The molecule has 0 saturated heterocycles. The standard InChI is InChI=1S/C17H14F3NO2/c18-17(19,20)13-5-3-6-14(9-13)21-16(22)12-8-11-4-1-2-7-15(11)23-10-12/h1-7,9,12H,8,10H2,(H,21,22)/t12-/m0/s1. The monoisotopic (exact) mass is 321 g/mol. The topological polar surface area (TPSA) is 38.3 Å². The molecule has 1 N–H and O–H groups in total. The second-order valence-electron chi connectivity index (χ2n) is 5.39. The van der Waals surface area contributed by atoms with Crippen molar-refractivity contribution in [3.63, 3.8) is 0 Å². The van der Waals surface area contributed by atoms with E-state index in [9.17, 15) is 18.0 Å². The summed E-state index contributed by atoms with van der Waals surface area (Å²) in [6.07, 6.45) is -3.94. The number of carbonyl (C=O) groups is 1. The van der Waals surface area contributed by atoms with Crippen LogP contribution in [0.25, 0.3) is 0 Å². The quantitative estimate of drug-likeness (QED) is 0.911. The first-order valence-electron chi connectivity index (χ1n) is 7.12. The number of amides is 1. The molecule has 1 aliphatic rings. The van der Waals surface area contributed by atoms with Gasteiger partial charge in [-0.3, -0.25) is 4.79 Å². The van der Waals surface area contributed by atoms with Crippen LogP contribution in [0.3, 0.4) is 0 Å². The molecule has 3 rings (SSSR count). The van der Waals surface area contributed by atoms with Gasteiger partial charge in [0.15, 0.2) is 0 Å². The minimum Gasteiger partial charge on any atom is -0.492 e. The molecule has 0 unspecified atom stereocenters. The SMILES string of the molecule is O=C(Nc1cccc(C(F)(F)F)c1)[C@@H]1COc2ccccc2C1. The van der Waals surface area contributed by atoms with Gasteiger partial charge in [-0.2, -0.15) is 13.2 Å². The maximum Gasteiger partial charge on any atom is 0.416 e. The Balaban J connectivity index is 1.71. The van der Waals surface area contributed by atoms with Gasteiger partial charge >= 0.3 is 6.18 Å². The normalized spacial score (nSPS) is 17.1. The maximum absolute atomic E-state index is 12.7. The molecule has 0 saturated carbocycles. The Kier molecular flexibility index (Phi) is 3.98. The van der Waals surface area contributed by atoms with Gasteiger partial charge in [0.05, 0.1) is 11.5 Å². The van der Waals surface area contributed by atoms with Crippen molar-refractivity contribution in [2.45, 2.75) is 12.6 Å². The van der Waals surface area contributed by atoms with Crippen LogP contribution in [0.5, 0.6) is 5.75 Å². The number of para-hydroxylation sites is 1. The van der Waals surface area contributed by atoms with Gasteiger partial charge in [-0.1, -0.05) is 24.3 Å². The minimum absolute atomic E-state index is 0.128. The van der Waals surface area contributed by atoms with Gasteiger partial charge in [0.2, 0.25) is 5.91 Å². The summed E-state index contributed by atoms with van der Waals surface area (Å²) in [4.78, 5) is 12.3. The van der Waals surface area contributed by atoms with E-state index in [2.05, 4.69) is 5.32 Å². The van der Waals surface area contributed by atoms with E-state index in [0.717, 1.165) is 23.4 Å². The van der Waals surface area contributed by atoms with E-state index >= 15 is 0 Å². The number of anilines is 1. The largest absolute Gasteiger partial charge is 0.492 e.